The minimum Gasteiger partial charge on any atom is -0.396 e. The fourth-order valence-corrected chi connectivity index (χ4v) is 1.91. The van der Waals surface area contributed by atoms with Gasteiger partial charge in [0.15, 0.2) is 11.6 Å². The number of anilines is 2. The van der Waals surface area contributed by atoms with Crippen molar-refractivity contribution in [3.8, 4) is 0 Å². The molecule has 0 saturated heterocycles. The Labute approximate surface area is 113 Å². The van der Waals surface area contributed by atoms with E-state index < -0.39 is 5.82 Å². The van der Waals surface area contributed by atoms with Gasteiger partial charge in [0.25, 0.3) is 0 Å². The second-order valence-corrected chi connectivity index (χ2v) is 4.47. The van der Waals surface area contributed by atoms with E-state index in [0.29, 0.717) is 31.4 Å². The van der Waals surface area contributed by atoms with Crippen molar-refractivity contribution in [1.29, 1.82) is 0 Å². The summed E-state index contributed by atoms with van der Waals surface area (Å²) in [6.07, 6.45) is 3.92. The van der Waals surface area contributed by atoms with Gasteiger partial charge in [-0.15, -0.1) is 0 Å². The molecule has 6 heteroatoms. The smallest absolute Gasteiger partial charge is 0.224 e. The van der Waals surface area contributed by atoms with Crippen molar-refractivity contribution in [3.05, 3.63) is 12.0 Å². The van der Waals surface area contributed by atoms with Crippen LogP contribution in [0.15, 0.2) is 6.20 Å². The number of aliphatic hydroxyl groups excluding tert-OH is 1. The first-order valence-corrected chi connectivity index (χ1v) is 6.82. The number of nitrogens with one attached hydrogen (secondary N) is 2. The summed E-state index contributed by atoms with van der Waals surface area (Å²) in [5, 5.41) is 14.9. The molecule has 1 aromatic heterocycles. The fourth-order valence-electron chi connectivity index (χ4n) is 1.91. The summed E-state index contributed by atoms with van der Waals surface area (Å²) < 4.78 is 13.6. The Kier molecular flexibility index (Phi) is 7.10. The lowest BCUT2D eigenvalue weighted by Crippen LogP contribution is -2.17. The molecule has 0 radical (unpaired) electrons. The summed E-state index contributed by atoms with van der Waals surface area (Å²) >= 11 is 0. The molecule has 0 aliphatic heterocycles. The van der Waals surface area contributed by atoms with Crippen molar-refractivity contribution >= 4 is 11.8 Å². The predicted molar refractivity (Wildman–Crippen MR) is 74.7 cm³/mol. The van der Waals surface area contributed by atoms with Crippen LogP contribution in [0, 0.1) is 11.7 Å². The largest absolute Gasteiger partial charge is 0.396 e. The molecule has 0 fully saturated rings. The van der Waals surface area contributed by atoms with Gasteiger partial charge in [-0.1, -0.05) is 13.3 Å². The van der Waals surface area contributed by atoms with Crippen LogP contribution in [0.5, 0.6) is 0 Å². The van der Waals surface area contributed by atoms with Crippen LogP contribution in [0.4, 0.5) is 16.2 Å². The number of nitrogens with zero attached hydrogens (tertiary/aromatic N) is 2. The molecule has 0 aliphatic carbocycles. The third kappa shape index (κ3) is 5.38. The van der Waals surface area contributed by atoms with Crippen LogP contribution in [0.25, 0.3) is 0 Å². The van der Waals surface area contributed by atoms with Crippen LogP contribution in [-0.4, -0.2) is 34.8 Å². The highest BCUT2D eigenvalue weighted by Gasteiger charge is 2.10. The summed E-state index contributed by atoms with van der Waals surface area (Å²) in [6, 6.07) is 0. The van der Waals surface area contributed by atoms with Crippen molar-refractivity contribution in [2.24, 2.45) is 5.92 Å². The van der Waals surface area contributed by atoms with E-state index in [1.807, 2.05) is 6.92 Å². The Morgan fingerprint density at radius 2 is 2.11 bits per heavy atom. The zero-order valence-electron chi connectivity index (χ0n) is 11.6. The standard InChI is InChI=1S/C13H23FN4O/c1-3-5-10(6-7-19)8-16-12-11(14)9-17-13(18-12)15-4-2/h9-10,19H,3-8H2,1-2H3,(H2,15,16,17,18). The maximum absolute atomic E-state index is 13.6. The summed E-state index contributed by atoms with van der Waals surface area (Å²) in [7, 11) is 0. The highest BCUT2D eigenvalue weighted by molar-refractivity contribution is 5.40. The van der Waals surface area contributed by atoms with E-state index in [4.69, 9.17) is 5.11 Å². The molecular weight excluding hydrogens is 247 g/mol. The zero-order chi connectivity index (χ0) is 14.1. The van der Waals surface area contributed by atoms with E-state index in [2.05, 4.69) is 27.5 Å². The zero-order valence-corrected chi connectivity index (χ0v) is 11.6. The van der Waals surface area contributed by atoms with Crippen molar-refractivity contribution in [3.63, 3.8) is 0 Å². The van der Waals surface area contributed by atoms with E-state index in [0.717, 1.165) is 19.0 Å². The van der Waals surface area contributed by atoms with E-state index >= 15 is 0 Å². The first-order chi connectivity index (χ1) is 9.21. The Hall–Kier alpha value is -1.43. The lowest BCUT2D eigenvalue weighted by molar-refractivity contribution is 0.255. The van der Waals surface area contributed by atoms with Crippen LogP contribution in [0.1, 0.15) is 33.1 Å². The molecule has 0 aliphatic rings. The Bertz CT molecular complexity index is 370. The lowest BCUT2D eigenvalue weighted by Gasteiger charge is -2.16. The van der Waals surface area contributed by atoms with Gasteiger partial charge in [0.05, 0.1) is 6.20 Å². The maximum Gasteiger partial charge on any atom is 0.224 e. The van der Waals surface area contributed by atoms with Crippen LogP contribution < -0.4 is 10.6 Å². The summed E-state index contributed by atoms with van der Waals surface area (Å²) in [6.45, 7) is 5.47. The molecule has 19 heavy (non-hydrogen) atoms. The molecule has 1 atom stereocenters. The summed E-state index contributed by atoms with van der Waals surface area (Å²) in [4.78, 5) is 7.93. The van der Waals surface area contributed by atoms with Gasteiger partial charge in [0.2, 0.25) is 5.95 Å². The van der Waals surface area contributed by atoms with Gasteiger partial charge in [-0.05, 0) is 25.7 Å². The van der Waals surface area contributed by atoms with E-state index in [9.17, 15) is 4.39 Å². The van der Waals surface area contributed by atoms with Gasteiger partial charge in [-0.3, -0.25) is 0 Å². The van der Waals surface area contributed by atoms with Gasteiger partial charge >= 0.3 is 0 Å². The first kappa shape index (κ1) is 15.6. The van der Waals surface area contributed by atoms with Crippen molar-refractivity contribution in [2.45, 2.75) is 33.1 Å². The molecular formula is C13H23FN4O. The van der Waals surface area contributed by atoms with E-state index in [1.165, 1.54) is 0 Å². The number of aliphatic hydroxyl groups is 1. The van der Waals surface area contributed by atoms with Crippen molar-refractivity contribution < 1.29 is 9.50 Å². The van der Waals surface area contributed by atoms with Gasteiger partial charge in [0.1, 0.15) is 0 Å². The molecule has 3 N–H and O–H groups in total. The lowest BCUT2D eigenvalue weighted by atomic mass is 10.0. The van der Waals surface area contributed by atoms with E-state index in [1.54, 1.807) is 0 Å². The molecule has 1 unspecified atom stereocenters. The minimum atomic E-state index is -0.457. The third-order valence-electron chi connectivity index (χ3n) is 2.87. The molecule has 108 valence electrons. The molecule has 5 nitrogen and oxygen atoms in total. The molecule has 1 aromatic rings. The molecule has 0 spiro atoms. The monoisotopic (exact) mass is 270 g/mol. The van der Waals surface area contributed by atoms with Crippen molar-refractivity contribution in [1.82, 2.24) is 9.97 Å². The van der Waals surface area contributed by atoms with Gasteiger partial charge in [-0.25, -0.2) is 9.37 Å². The first-order valence-electron chi connectivity index (χ1n) is 6.82. The Balaban J connectivity index is 2.61. The average molecular weight is 270 g/mol. The molecule has 0 amide bonds. The highest BCUT2D eigenvalue weighted by atomic mass is 19.1. The van der Waals surface area contributed by atoms with Crippen LogP contribution in [0.3, 0.4) is 0 Å². The van der Waals surface area contributed by atoms with Crippen LogP contribution in [-0.2, 0) is 0 Å². The highest BCUT2D eigenvalue weighted by Crippen LogP contribution is 2.15. The predicted octanol–water partition coefficient (Wildman–Crippen LogP) is 2.26. The van der Waals surface area contributed by atoms with Gasteiger partial charge in [0, 0.05) is 19.7 Å². The normalized spacial score (nSPS) is 12.2. The van der Waals surface area contributed by atoms with Gasteiger partial charge < -0.3 is 15.7 Å². The summed E-state index contributed by atoms with van der Waals surface area (Å²) in [5.74, 6) is 0.499. The molecule has 0 saturated carbocycles. The van der Waals surface area contributed by atoms with E-state index in [-0.39, 0.29) is 12.4 Å². The average Bonchev–Trinajstić information content (AvgIpc) is 2.40. The van der Waals surface area contributed by atoms with Crippen LogP contribution in [0.2, 0.25) is 0 Å². The second-order valence-electron chi connectivity index (χ2n) is 4.47. The third-order valence-corrected chi connectivity index (χ3v) is 2.87. The second kappa shape index (κ2) is 8.63. The SMILES string of the molecule is CCCC(CCO)CNc1nc(NCC)ncc1F. The number of halogens is 1. The molecule has 0 bridgehead atoms. The molecule has 0 aromatic carbocycles. The Morgan fingerprint density at radius 1 is 1.32 bits per heavy atom. The van der Waals surface area contributed by atoms with Crippen molar-refractivity contribution in [2.75, 3.05) is 30.3 Å². The fraction of sp³-hybridized carbons (Fsp3) is 0.692. The maximum atomic E-state index is 13.6. The van der Waals surface area contributed by atoms with Crippen LogP contribution >= 0.6 is 0 Å². The number of rotatable bonds is 9. The summed E-state index contributed by atoms with van der Waals surface area (Å²) in [5.41, 5.74) is 0. The molecule has 1 rings (SSSR count). The Morgan fingerprint density at radius 3 is 2.74 bits per heavy atom. The number of aromatic nitrogens is 2. The molecule has 1 heterocycles. The number of hydrogen-bond acceptors (Lipinski definition) is 5. The van der Waals surface area contributed by atoms with Gasteiger partial charge in [-0.2, -0.15) is 4.98 Å². The topological polar surface area (TPSA) is 70.1 Å². The minimum absolute atomic E-state index is 0.154. The number of hydrogen-bond donors (Lipinski definition) is 3. The quantitative estimate of drug-likeness (QED) is 0.642.